The van der Waals surface area contributed by atoms with Crippen LogP contribution >= 0.6 is 0 Å². The molecule has 1 aromatic carbocycles. The molecule has 0 amide bonds. The highest BCUT2D eigenvalue weighted by Crippen LogP contribution is 2.31. The van der Waals surface area contributed by atoms with Gasteiger partial charge in [-0.15, -0.1) is 0 Å². The highest BCUT2D eigenvalue weighted by molar-refractivity contribution is 6.34. The zero-order valence-electron chi connectivity index (χ0n) is 10.4. The Morgan fingerprint density at radius 2 is 1.75 bits per heavy atom. The van der Waals surface area contributed by atoms with Crippen LogP contribution < -0.4 is 5.19 Å². The van der Waals surface area contributed by atoms with E-state index in [-0.39, 0.29) is 0 Å². The molecule has 1 aromatic rings. The molecule has 1 heteroatoms. The normalized spacial score (nSPS) is 15.1. The summed E-state index contributed by atoms with van der Waals surface area (Å²) in [5.41, 5.74) is 8.34. The molecule has 2 rings (SSSR count). The zero-order valence-corrected chi connectivity index (χ0v) is 11.4. The summed E-state index contributed by atoms with van der Waals surface area (Å²) < 4.78 is 0. The third kappa shape index (κ3) is 1.69. The summed E-state index contributed by atoms with van der Waals surface area (Å²) >= 11 is 0. The third-order valence-electron chi connectivity index (χ3n) is 3.60. The van der Waals surface area contributed by atoms with E-state index in [0.29, 0.717) is 0 Å². The van der Waals surface area contributed by atoms with Crippen LogP contribution in [0.3, 0.4) is 0 Å². The first-order valence-electron chi connectivity index (χ1n) is 5.71. The van der Waals surface area contributed by atoms with E-state index in [0.717, 1.165) is 6.42 Å². The van der Waals surface area contributed by atoms with Crippen LogP contribution in [-0.2, 0) is 0 Å². The minimum absolute atomic E-state index is 1.07. The molecular weight excluding hydrogens is 208 g/mol. The average Bonchev–Trinajstić information content (AvgIpc) is 2.67. The fourth-order valence-electron chi connectivity index (χ4n) is 2.30. The number of benzene rings is 1. The number of allylic oxidation sites excluding steroid dienone is 4. The maximum Gasteiger partial charge on any atom is 0.0719 e. The van der Waals surface area contributed by atoms with Gasteiger partial charge in [0.1, 0.15) is 0 Å². The van der Waals surface area contributed by atoms with Crippen molar-refractivity contribution < 1.29 is 0 Å². The molecule has 0 aliphatic heterocycles. The van der Waals surface area contributed by atoms with Gasteiger partial charge in [0.15, 0.2) is 0 Å². The molecule has 0 N–H and O–H groups in total. The molecule has 0 spiro atoms. The number of aryl methyl sites for hydroxylation is 1. The molecule has 3 radical (unpaired) electrons. The van der Waals surface area contributed by atoms with Gasteiger partial charge in [-0.05, 0) is 67.5 Å². The van der Waals surface area contributed by atoms with Crippen molar-refractivity contribution in [3.8, 4) is 0 Å². The molecule has 0 bridgehead atoms. The van der Waals surface area contributed by atoms with Gasteiger partial charge in [-0.1, -0.05) is 23.4 Å². The quantitative estimate of drug-likeness (QED) is 0.644. The smallest absolute Gasteiger partial charge is 0.0719 e. The Kier molecular flexibility index (Phi) is 2.89. The van der Waals surface area contributed by atoms with Crippen molar-refractivity contribution >= 4 is 21.0 Å². The molecule has 0 heterocycles. The Morgan fingerprint density at radius 3 is 2.31 bits per heavy atom. The first-order valence-corrected chi connectivity index (χ1v) is 6.21. The molecular formula is C15H17Si. The molecule has 0 unspecified atom stereocenters. The Morgan fingerprint density at radius 1 is 1.06 bits per heavy atom. The Hall–Kier alpha value is -1.08. The molecule has 0 nitrogen and oxygen atoms in total. The second-order valence-electron chi connectivity index (χ2n) is 4.63. The van der Waals surface area contributed by atoms with Crippen molar-refractivity contribution in [3.63, 3.8) is 0 Å². The van der Waals surface area contributed by atoms with Crippen LogP contribution in [0, 0.1) is 20.8 Å². The Bertz CT molecular complexity index is 505. The van der Waals surface area contributed by atoms with Gasteiger partial charge in [-0.2, -0.15) is 0 Å². The lowest BCUT2D eigenvalue weighted by atomic mass is 9.93. The van der Waals surface area contributed by atoms with Gasteiger partial charge in [0.05, 0.1) is 10.2 Å². The van der Waals surface area contributed by atoms with E-state index in [9.17, 15) is 0 Å². The molecule has 0 atom stereocenters. The van der Waals surface area contributed by atoms with Crippen LogP contribution in [0.5, 0.6) is 0 Å². The fraction of sp³-hybridized carbons (Fsp3) is 0.333. The van der Waals surface area contributed by atoms with Crippen LogP contribution in [-0.4, -0.2) is 10.2 Å². The Labute approximate surface area is 102 Å². The maximum atomic E-state index is 3.76. The van der Waals surface area contributed by atoms with Crippen molar-refractivity contribution in [3.05, 3.63) is 46.0 Å². The lowest BCUT2D eigenvalue weighted by Crippen LogP contribution is -2.15. The van der Waals surface area contributed by atoms with Crippen molar-refractivity contribution in [1.82, 2.24) is 0 Å². The summed E-state index contributed by atoms with van der Waals surface area (Å²) in [6.45, 7) is 8.74. The van der Waals surface area contributed by atoms with Crippen LogP contribution in [0.1, 0.15) is 35.6 Å². The zero-order chi connectivity index (χ0) is 11.9. The number of rotatable bonds is 1. The van der Waals surface area contributed by atoms with Gasteiger partial charge >= 0.3 is 0 Å². The highest BCUT2D eigenvalue weighted by atomic mass is 28.1. The first kappa shape index (κ1) is 11.4. The molecule has 1 aliphatic rings. The van der Waals surface area contributed by atoms with Crippen LogP contribution in [0.4, 0.5) is 0 Å². The summed E-state index contributed by atoms with van der Waals surface area (Å²) in [5.74, 6) is 0. The van der Waals surface area contributed by atoms with Crippen molar-refractivity contribution in [2.45, 2.75) is 34.1 Å². The lowest BCUT2D eigenvalue weighted by Gasteiger charge is -2.16. The fourth-order valence-corrected chi connectivity index (χ4v) is 2.63. The van der Waals surface area contributed by atoms with Gasteiger partial charge in [0.2, 0.25) is 0 Å². The van der Waals surface area contributed by atoms with E-state index >= 15 is 0 Å². The lowest BCUT2D eigenvalue weighted by molar-refractivity contribution is 1.29. The molecule has 0 aromatic heterocycles. The van der Waals surface area contributed by atoms with Gasteiger partial charge in [0, 0.05) is 0 Å². The third-order valence-corrected chi connectivity index (χ3v) is 4.35. The maximum absolute atomic E-state index is 3.76. The van der Waals surface area contributed by atoms with Gasteiger partial charge < -0.3 is 0 Å². The standard InChI is InChI=1S/C15H17Si/c1-9-6-5-7-13(9)14-8-10(2)11(3)15(16)12(14)4/h5-6,8H,7H2,1-4H3. The summed E-state index contributed by atoms with van der Waals surface area (Å²) in [4.78, 5) is 0. The monoisotopic (exact) mass is 225 g/mol. The van der Waals surface area contributed by atoms with Gasteiger partial charge in [0.25, 0.3) is 0 Å². The number of hydrogen-bond acceptors (Lipinski definition) is 0. The topological polar surface area (TPSA) is 0 Å². The van der Waals surface area contributed by atoms with Crippen molar-refractivity contribution in [2.24, 2.45) is 0 Å². The van der Waals surface area contributed by atoms with E-state index < -0.39 is 0 Å². The molecule has 16 heavy (non-hydrogen) atoms. The van der Waals surface area contributed by atoms with Crippen LogP contribution in [0.25, 0.3) is 5.57 Å². The van der Waals surface area contributed by atoms with E-state index in [1.54, 1.807) is 0 Å². The van der Waals surface area contributed by atoms with Gasteiger partial charge in [-0.3, -0.25) is 0 Å². The van der Waals surface area contributed by atoms with Crippen LogP contribution in [0.2, 0.25) is 0 Å². The average molecular weight is 225 g/mol. The molecule has 0 saturated carbocycles. The predicted octanol–water partition coefficient (Wildman–Crippen LogP) is 3.14. The second kappa shape index (κ2) is 4.06. The summed E-state index contributed by atoms with van der Waals surface area (Å²) in [5, 5.41) is 1.25. The minimum atomic E-state index is 1.07. The van der Waals surface area contributed by atoms with Crippen molar-refractivity contribution in [2.75, 3.05) is 0 Å². The summed E-state index contributed by atoms with van der Waals surface area (Å²) in [7, 11) is 3.76. The Balaban J connectivity index is 2.64. The minimum Gasteiger partial charge on any atom is -0.0798 e. The first-order chi connectivity index (χ1) is 7.52. The van der Waals surface area contributed by atoms with E-state index in [1.807, 2.05) is 0 Å². The highest BCUT2D eigenvalue weighted by Gasteiger charge is 2.13. The summed E-state index contributed by atoms with van der Waals surface area (Å²) in [6, 6.07) is 2.32. The molecule has 1 aliphatic carbocycles. The van der Waals surface area contributed by atoms with E-state index in [2.05, 4.69) is 56.2 Å². The second-order valence-corrected chi connectivity index (χ2v) is 5.13. The van der Waals surface area contributed by atoms with Crippen molar-refractivity contribution in [1.29, 1.82) is 0 Å². The summed E-state index contributed by atoms with van der Waals surface area (Å²) in [6.07, 6.45) is 5.53. The van der Waals surface area contributed by atoms with E-state index in [4.69, 9.17) is 0 Å². The van der Waals surface area contributed by atoms with E-state index in [1.165, 1.54) is 38.6 Å². The predicted molar refractivity (Wildman–Crippen MR) is 72.4 cm³/mol. The largest absolute Gasteiger partial charge is 0.0798 e. The molecule has 0 saturated heterocycles. The molecule has 0 fully saturated rings. The van der Waals surface area contributed by atoms with Crippen LogP contribution in [0.15, 0.2) is 23.8 Å². The van der Waals surface area contributed by atoms with Gasteiger partial charge in [-0.25, -0.2) is 0 Å². The SMILES string of the molecule is CC1=C(c2cc(C)c(C)c([Si])c2C)CC=C1. The molecule has 81 valence electrons. The number of hydrogen-bond donors (Lipinski definition) is 0.